The van der Waals surface area contributed by atoms with Crippen LogP contribution >= 0.6 is 0 Å². The summed E-state index contributed by atoms with van der Waals surface area (Å²) in [5, 5.41) is 10.4. The third kappa shape index (κ3) is 2.52. The molecule has 1 unspecified atom stereocenters. The van der Waals surface area contributed by atoms with E-state index < -0.39 is 12.0 Å². The Kier molecular flexibility index (Phi) is 3.07. The zero-order valence-electron chi connectivity index (χ0n) is 6.73. The number of nitrogens with one attached hydrogen (secondary N) is 1. The Morgan fingerprint density at radius 2 is 2.58 bits per heavy atom. The molecule has 0 saturated heterocycles. The van der Waals surface area contributed by atoms with Crippen molar-refractivity contribution >= 4 is 5.97 Å². The van der Waals surface area contributed by atoms with Crippen LogP contribution in [0.25, 0.3) is 0 Å². The number of nitrogens with zero attached hydrogens (tertiary/aromatic N) is 1. The normalized spacial score (nSPS) is 19.1. The summed E-state index contributed by atoms with van der Waals surface area (Å²) in [7, 11) is 0. The van der Waals surface area contributed by atoms with E-state index in [9.17, 15) is 4.79 Å². The zero-order chi connectivity index (χ0) is 8.97. The van der Waals surface area contributed by atoms with Crippen LogP contribution in [0.3, 0.4) is 0 Å². The molecule has 0 spiro atoms. The van der Waals surface area contributed by atoms with Gasteiger partial charge in [-0.05, 0) is 6.42 Å². The number of rotatable bonds is 4. The maximum absolute atomic E-state index is 10.3. The van der Waals surface area contributed by atoms with Gasteiger partial charge >= 0.3 is 5.97 Å². The number of nitrogens with two attached hydrogens (primary N) is 1. The van der Waals surface area contributed by atoms with E-state index in [4.69, 9.17) is 10.8 Å². The second-order valence-corrected chi connectivity index (χ2v) is 2.71. The van der Waals surface area contributed by atoms with Gasteiger partial charge in [0.2, 0.25) is 0 Å². The van der Waals surface area contributed by atoms with Gasteiger partial charge in [-0.2, -0.15) is 0 Å². The number of carboxylic acid groups (broad SMARTS) is 1. The fourth-order valence-electron chi connectivity index (χ4n) is 0.965. The van der Waals surface area contributed by atoms with Gasteiger partial charge in [-0.3, -0.25) is 4.79 Å². The quantitative estimate of drug-likeness (QED) is 0.512. The molecule has 0 amide bonds. The van der Waals surface area contributed by atoms with Crippen LogP contribution in [0.5, 0.6) is 0 Å². The van der Waals surface area contributed by atoms with E-state index in [1.807, 2.05) is 17.3 Å². The first kappa shape index (κ1) is 9.02. The molecular formula is C7H13N3O2. The Balaban J connectivity index is 2.12. The lowest BCUT2D eigenvalue weighted by Gasteiger charge is -2.16. The van der Waals surface area contributed by atoms with Gasteiger partial charge in [-0.1, -0.05) is 6.08 Å². The highest BCUT2D eigenvalue weighted by atomic mass is 16.4. The molecule has 1 aliphatic heterocycles. The van der Waals surface area contributed by atoms with Crippen molar-refractivity contribution in [1.29, 1.82) is 0 Å². The molecule has 0 saturated carbocycles. The molecule has 0 radical (unpaired) electrons. The smallest absolute Gasteiger partial charge is 0.320 e. The number of aliphatic carboxylic acids is 1. The van der Waals surface area contributed by atoms with Gasteiger partial charge < -0.3 is 16.3 Å². The molecule has 0 fully saturated rings. The van der Waals surface area contributed by atoms with Crippen molar-refractivity contribution < 1.29 is 9.90 Å². The Bertz CT molecular complexity index is 185. The van der Waals surface area contributed by atoms with Crippen molar-refractivity contribution in [1.82, 2.24) is 10.4 Å². The summed E-state index contributed by atoms with van der Waals surface area (Å²) in [5.41, 5.74) is 8.28. The van der Waals surface area contributed by atoms with Gasteiger partial charge in [0.05, 0.1) is 0 Å². The molecule has 0 aromatic carbocycles. The monoisotopic (exact) mass is 171 g/mol. The molecule has 0 aromatic rings. The number of carbonyl (C=O) groups is 1. The van der Waals surface area contributed by atoms with E-state index in [0.717, 1.165) is 6.54 Å². The van der Waals surface area contributed by atoms with Crippen LogP contribution in [0.1, 0.15) is 6.42 Å². The van der Waals surface area contributed by atoms with Gasteiger partial charge in [0.15, 0.2) is 0 Å². The molecule has 68 valence electrons. The first-order valence-electron chi connectivity index (χ1n) is 3.84. The highest BCUT2D eigenvalue weighted by molar-refractivity contribution is 5.72. The van der Waals surface area contributed by atoms with Crippen LogP contribution in [-0.4, -0.2) is 35.2 Å². The van der Waals surface area contributed by atoms with Crippen LogP contribution < -0.4 is 11.2 Å². The molecule has 1 rings (SSSR count). The maximum atomic E-state index is 10.3. The Labute approximate surface area is 70.8 Å². The average molecular weight is 171 g/mol. The molecule has 1 atom stereocenters. The number of hydrogen-bond donors (Lipinski definition) is 3. The number of carboxylic acids is 1. The first-order chi connectivity index (χ1) is 5.70. The third-order valence-electron chi connectivity index (χ3n) is 1.73. The molecule has 0 aliphatic carbocycles. The van der Waals surface area contributed by atoms with Crippen molar-refractivity contribution in [2.24, 2.45) is 5.73 Å². The van der Waals surface area contributed by atoms with E-state index in [2.05, 4.69) is 5.43 Å². The summed E-state index contributed by atoms with van der Waals surface area (Å²) in [6.07, 6.45) is 4.25. The highest BCUT2D eigenvalue weighted by Crippen LogP contribution is 1.96. The molecular weight excluding hydrogens is 158 g/mol. The van der Waals surface area contributed by atoms with Gasteiger partial charge in [-0.15, -0.1) is 0 Å². The molecule has 5 nitrogen and oxygen atoms in total. The summed E-state index contributed by atoms with van der Waals surface area (Å²) in [6, 6.07) is -0.757. The molecule has 0 aromatic heterocycles. The Morgan fingerprint density at radius 3 is 3.08 bits per heavy atom. The second-order valence-electron chi connectivity index (χ2n) is 2.71. The van der Waals surface area contributed by atoms with Crippen molar-refractivity contribution in [2.75, 3.05) is 13.1 Å². The van der Waals surface area contributed by atoms with Crippen LogP contribution in [0.15, 0.2) is 12.3 Å². The van der Waals surface area contributed by atoms with Gasteiger partial charge in [-0.25, -0.2) is 5.01 Å². The van der Waals surface area contributed by atoms with E-state index in [0.29, 0.717) is 13.0 Å². The maximum Gasteiger partial charge on any atom is 0.320 e. The van der Waals surface area contributed by atoms with E-state index in [1.54, 1.807) is 0 Å². The van der Waals surface area contributed by atoms with Crippen molar-refractivity contribution in [2.45, 2.75) is 12.5 Å². The molecule has 1 aliphatic rings. The number of hydrogen-bond acceptors (Lipinski definition) is 4. The minimum absolute atomic E-state index is 0.462. The Hall–Kier alpha value is -1.07. The van der Waals surface area contributed by atoms with E-state index >= 15 is 0 Å². The minimum atomic E-state index is -0.942. The summed E-state index contributed by atoms with van der Waals surface area (Å²) >= 11 is 0. The van der Waals surface area contributed by atoms with Gasteiger partial charge in [0.25, 0.3) is 0 Å². The lowest BCUT2D eigenvalue weighted by Crippen LogP contribution is -2.38. The fourth-order valence-corrected chi connectivity index (χ4v) is 0.965. The fraction of sp³-hybridized carbons (Fsp3) is 0.571. The minimum Gasteiger partial charge on any atom is -0.480 e. The largest absolute Gasteiger partial charge is 0.480 e. The summed E-state index contributed by atoms with van der Waals surface area (Å²) in [6.45, 7) is 1.47. The molecule has 12 heavy (non-hydrogen) atoms. The first-order valence-corrected chi connectivity index (χ1v) is 3.84. The number of hydrazine groups is 1. The predicted molar refractivity (Wildman–Crippen MR) is 44.1 cm³/mol. The van der Waals surface area contributed by atoms with Crippen LogP contribution in [0, 0.1) is 0 Å². The molecule has 0 bridgehead atoms. The SMILES string of the molecule is NC(CCN1CC=CN1)C(=O)O. The summed E-state index contributed by atoms with van der Waals surface area (Å²) in [5.74, 6) is -0.942. The highest BCUT2D eigenvalue weighted by Gasteiger charge is 2.13. The average Bonchev–Trinajstić information content (AvgIpc) is 2.51. The van der Waals surface area contributed by atoms with Crippen molar-refractivity contribution in [3.63, 3.8) is 0 Å². The molecule has 4 N–H and O–H groups in total. The van der Waals surface area contributed by atoms with Crippen molar-refractivity contribution in [3.8, 4) is 0 Å². The second kappa shape index (κ2) is 4.08. The van der Waals surface area contributed by atoms with E-state index in [-0.39, 0.29) is 0 Å². The zero-order valence-corrected chi connectivity index (χ0v) is 6.73. The Morgan fingerprint density at radius 1 is 1.83 bits per heavy atom. The summed E-state index contributed by atoms with van der Waals surface area (Å²) in [4.78, 5) is 10.3. The summed E-state index contributed by atoms with van der Waals surface area (Å²) < 4.78 is 0. The van der Waals surface area contributed by atoms with Crippen LogP contribution in [0.4, 0.5) is 0 Å². The van der Waals surface area contributed by atoms with Crippen LogP contribution in [0.2, 0.25) is 0 Å². The lowest BCUT2D eigenvalue weighted by atomic mass is 10.2. The van der Waals surface area contributed by atoms with Crippen LogP contribution in [-0.2, 0) is 4.79 Å². The topological polar surface area (TPSA) is 78.6 Å². The van der Waals surface area contributed by atoms with Crippen molar-refractivity contribution in [3.05, 3.63) is 12.3 Å². The molecule has 1 heterocycles. The van der Waals surface area contributed by atoms with Gasteiger partial charge in [0, 0.05) is 19.3 Å². The third-order valence-corrected chi connectivity index (χ3v) is 1.73. The lowest BCUT2D eigenvalue weighted by molar-refractivity contribution is -0.138. The van der Waals surface area contributed by atoms with E-state index in [1.165, 1.54) is 0 Å². The standard InChI is InChI=1S/C7H13N3O2/c8-6(7(11)12)2-5-10-4-1-3-9-10/h1,3,6,9H,2,4-5,8H2,(H,11,12). The predicted octanol–water partition coefficient (Wildman–Crippen LogP) is -0.878. The van der Waals surface area contributed by atoms with Gasteiger partial charge in [0.1, 0.15) is 6.04 Å². The molecule has 5 heteroatoms.